The Morgan fingerprint density at radius 1 is 0.808 bits per heavy atom. The minimum absolute atomic E-state index is 0.311. The summed E-state index contributed by atoms with van der Waals surface area (Å²) in [5.41, 5.74) is 0. The van der Waals surface area contributed by atoms with E-state index in [9.17, 15) is 4.79 Å². The minimum Gasteiger partial charge on any atom is -0.420 e. The zero-order chi connectivity index (χ0) is 18.6. The average Bonchev–Trinajstić information content (AvgIpc) is 2.64. The van der Waals surface area contributed by atoms with Gasteiger partial charge in [0.25, 0.3) is 0 Å². The molecule has 0 aliphatic heterocycles. The molecule has 0 atom stereocenters. The highest BCUT2D eigenvalue weighted by Gasteiger charge is 2.34. The first-order valence-corrected chi connectivity index (χ1v) is 10.3. The van der Waals surface area contributed by atoms with Crippen molar-refractivity contribution < 1.29 is 9.53 Å². The fraction of sp³-hybridized carbons (Fsp3) is 0.136. The lowest BCUT2D eigenvalue weighted by molar-refractivity contribution is -0.136. The van der Waals surface area contributed by atoms with Crippen molar-refractivity contribution in [1.82, 2.24) is 0 Å². The predicted octanol–water partition coefficient (Wildman–Crippen LogP) is 5.86. The zero-order valence-electron chi connectivity index (χ0n) is 14.7. The maximum Gasteiger partial charge on any atom is 0.327 e. The first-order valence-electron chi connectivity index (χ1n) is 8.31. The summed E-state index contributed by atoms with van der Waals surface area (Å²) < 4.78 is 5.02. The number of carbonyl (C=O) groups is 1. The third-order valence-corrected chi connectivity index (χ3v) is 6.30. The van der Waals surface area contributed by atoms with Gasteiger partial charge in [0, 0.05) is 0 Å². The maximum absolute atomic E-state index is 12.4. The van der Waals surface area contributed by atoms with Crippen molar-refractivity contribution in [3.63, 3.8) is 0 Å². The monoisotopic (exact) mass is 427 g/mol. The summed E-state index contributed by atoms with van der Waals surface area (Å²) in [7, 11) is -0.362. The molecule has 0 bridgehead atoms. The lowest BCUT2D eigenvalue weighted by atomic mass is 10.2. The summed E-state index contributed by atoms with van der Waals surface area (Å²) in [5.74, 6) is 0.288. The van der Waals surface area contributed by atoms with E-state index in [1.807, 2.05) is 60.7 Å². The highest BCUT2D eigenvalue weighted by atomic mass is 79.9. The molecule has 0 fully saturated rings. The smallest absolute Gasteiger partial charge is 0.327 e. The Hall–Kier alpha value is -2.04. The van der Waals surface area contributed by atoms with Gasteiger partial charge >= 0.3 is 5.97 Å². The van der Waals surface area contributed by atoms with Crippen LogP contribution in [-0.4, -0.2) is 10.3 Å². The molecule has 0 aliphatic rings. The molecule has 0 unspecified atom stereocenters. The Morgan fingerprint density at radius 3 is 1.77 bits per heavy atom. The van der Waals surface area contributed by atoms with Gasteiger partial charge in [-0.2, -0.15) is 0 Å². The van der Waals surface area contributed by atoms with Gasteiger partial charge in [-0.05, 0) is 50.2 Å². The molecule has 3 aromatic rings. The fourth-order valence-electron chi connectivity index (χ4n) is 2.43. The van der Waals surface area contributed by atoms with E-state index in [0.717, 1.165) is 4.90 Å². The minimum atomic E-state index is -0.738. The van der Waals surface area contributed by atoms with Gasteiger partial charge in [0.15, 0.2) is 15.5 Å². The molecule has 0 saturated carbocycles. The Kier molecular flexibility index (Phi) is 5.84. The van der Waals surface area contributed by atoms with Crippen LogP contribution in [0.2, 0.25) is 0 Å². The molecule has 26 heavy (non-hydrogen) atoms. The first-order chi connectivity index (χ1) is 12.5. The molecule has 0 aliphatic carbocycles. The zero-order valence-corrected chi connectivity index (χ0v) is 17.1. The Balaban J connectivity index is 2.10. The van der Waals surface area contributed by atoms with Crippen LogP contribution in [0.3, 0.4) is 0 Å². The van der Waals surface area contributed by atoms with E-state index in [1.165, 1.54) is 9.79 Å². The molecular weight excluding hydrogens is 408 g/mol. The quantitative estimate of drug-likeness (QED) is 0.220. The molecule has 0 radical (unpaired) electrons. The lowest BCUT2D eigenvalue weighted by Gasteiger charge is -2.16. The van der Waals surface area contributed by atoms with Gasteiger partial charge in [-0.15, -0.1) is 0 Å². The Labute approximate surface area is 165 Å². The number of alkyl halides is 1. The number of ether oxygens (including phenoxy) is 1. The van der Waals surface area contributed by atoms with E-state index in [2.05, 4.69) is 40.2 Å². The molecule has 0 heterocycles. The van der Waals surface area contributed by atoms with E-state index in [1.54, 1.807) is 13.8 Å². The Morgan fingerprint density at radius 2 is 1.27 bits per heavy atom. The molecule has 132 valence electrons. The third-order valence-electron chi connectivity index (χ3n) is 3.71. The number of esters is 1. The van der Waals surface area contributed by atoms with Gasteiger partial charge in [-0.25, -0.2) is 0 Å². The second-order valence-corrected chi connectivity index (χ2v) is 10.2. The van der Waals surface area contributed by atoms with E-state index in [-0.39, 0.29) is 16.9 Å². The van der Waals surface area contributed by atoms with Crippen LogP contribution in [-0.2, 0) is 15.7 Å². The van der Waals surface area contributed by atoms with E-state index < -0.39 is 4.32 Å². The van der Waals surface area contributed by atoms with Crippen LogP contribution in [0.5, 0.6) is 5.75 Å². The highest BCUT2D eigenvalue weighted by molar-refractivity contribution is 9.10. The predicted molar refractivity (Wildman–Crippen MR) is 110 cm³/mol. The molecule has 0 aromatic heterocycles. The second-order valence-electron chi connectivity index (χ2n) is 6.24. The van der Waals surface area contributed by atoms with E-state index in [4.69, 9.17) is 4.74 Å². The van der Waals surface area contributed by atoms with Crippen LogP contribution < -0.4 is 4.74 Å². The van der Waals surface area contributed by atoms with Crippen molar-refractivity contribution in [3.8, 4) is 5.75 Å². The number of rotatable bonds is 5. The van der Waals surface area contributed by atoms with Crippen LogP contribution in [0.1, 0.15) is 13.8 Å². The normalized spacial score (nSPS) is 11.4. The molecule has 4 heteroatoms. The Bertz CT molecular complexity index is 834. The van der Waals surface area contributed by atoms with E-state index in [0.29, 0.717) is 5.75 Å². The fourth-order valence-corrected chi connectivity index (χ4v) is 4.67. The van der Waals surface area contributed by atoms with Gasteiger partial charge < -0.3 is 4.74 Å². The average molecular weight is 428 g/mol. The highest BCUT2D eigenvalue weighted by Crippen LogP contribution is 2.37. The number of carbonyl (C=O) groups excluding carboxylic acids is 1. The van der Waals surface area contributed by atoms with Gasteiger partial charge in [-0.1, -0.05) is 64.5 Å². The standard InChI is InChI=1S/C22H20BrO2S/c1-22(2,23)21(24)25-19-15-9-10-16-20(19)26(17-11-5-3-6-12-17)18-13-7-4-8-14-18/h3-16H,1-2H3/q+1. The van der Waals surface area contributed by atoms with Crippen molar-refractivity contribution in [2.45, 2.75) is 32.9 Å². The molecule has 3 aromatic carbocycles. The van der Waals surface area contributed by atoms with Crippen molar-refractivity contribution in [1.29, 1.82) is 0 Å². The molecule has 2 nitrogen and oxygen atoms in total. The molecular formula is C22H20BrO2S+. The van der Waals surface area contributed by atoms with Gasteiger partial charge in [0.05, 0.1) is 0 Å². The maximum atomic E-state index is 12.4. The second kappa shape index (κ2) is 8.11. The van der Waals surface area contributed by atoms with Crippen LogP contribution in [0.15, 0.2) is 99.6 Å². The van der Waals surface area contributed by atoms with Crippen LogP contribution >= 0.6 is 15.9 Å². The van der Waals surface area contributed by atoms with Crippen LogP contribution in [0, 0.1) is 0 Å². The molecule has 0 saturated heterocycles. The largest absolute Gasteiger partial charge is 0.420 e. The molecule has 0 amide bonds. The summed E-state index contributed by atoms with van der Waals surface area (Å²) in [4.78, 5) is 15.8. The SMILES string of the molecule is CC(C)(Br)C(=O)Oc1ccccc1[S+](c1ccccc1)c1ccccc1. The van der Waals surface area contributed by atoms with Crippen molar-refractivity contribution >= 4 is 32.8 Å². The van der Waals surface area contributed by atoms with E-state index >= 15 is 0 Å². The van der Waals surface area contributed by atoms with Gasteiger partial charge in [0.1, 0.15) is 15.2 Å². The topological polar surface area (TPSA) is 26.3 Å². The number of hydrogen-bond donors (Lipinski definition) is 0. The lowest BCUT2D eigenvalue weighted by Crippen LogP contribution is -2.29. The summed E-state index contributed by atoms with van der Waals surface area (Å²) >= 11 is 3.38. The third kappa shape index (κ3) is 4.37. The number of hydrogen-bond acceptors (Lipinski definition) is 2. The van der Waals surface area contributed by atoms with Gasteiger partial charge in [0.2, 0.25) is 4.90 Å². The molecule has 0 N–H and O–H groups in total. The van der Waals surface area contributed by atoms with Crippen molar-refractivity contribution in [3.05, 3.63) is 84.9 Å². The van der Waals surface area contributed by atoms with Crippen LogP contribution in [0.4, 0.5) is 0 Å². The molecule has 0 spiro atoms. The number of para-hydroxylation sites is 1. The van der Waals surface area contributed by atoms with Crippen molar-refractivity contribution in [2.24, 2.45) is 0 Å². The number of halogens is 1. The summed E-state index contributed by atoms with van der Waals surface area (Å²) in [6.07, 6.45) is 0. The summed E-state index contributed by atoms with van der Waals surface area (Å²) in [5, 5.41) is 0. The summed E-state index contributed by atoms with van der Waals surface area (Å²) in [6.45, 7) is 3.57. The van der Waals surface area contributed by atoms with Crippen LogP contribution in [0.25, 0.3) is 0 Å². The van der Waals surface area contributed by atoms with Gasteiger partial charge in [-0.3, -0.25) is 4.79 Å². The first kappa shape index (κ1) is 18.7. The van der Waals surface area contributed by atoms with Crippen molar-refractivity contribution in [2.75, 3.05) is 0 Å². The molecule has 3 rings (SSSR count). The number of benzene rings is 3. The summed E-state index contributed by atoms with van der Waals surface area (Å²) in [6, 6.07) is 28.4.